The summed E-state index contributed by atoms with van der Waals surface area (Å²) >= 11 is 3.58. The average Bonchev–Trinajstić information content (AvgIpc) is 2.05. The van der Waals surface area contributed by atoms with E-state index in [1.807, 2.05) is 30.3 Å². The molecule has 0 saturated carbocycles. The van der Waals surface area contributed by atoms with Crippen molar-refractivity contribution < 1.29 is 9.53 Å². The molecule has 0 amide bonds. The van der Waals surface area contributed by atoms with Crippen molar-refractivity contribution in [1.82, 2.24) is 0 Å². The lowest BCUT2D eigenvalue weighted by molar-refractivity contribution is -0.115. The highest BCUT2D eigenvalue weighted by molar-refractivity contribution is 7.96. The fourth-order valence-electron chi connectivity index (χ4n) is 0.830. The third kappa shape index (κ3) is 3.55. The minimum Gasteiger partial charge on any atom is -0.368 e. The molecule has 0 spiro atoms. The van der Waals surface area contributed by atoms with Crippen LogP contribution in [-0.2, 0) is 16.1 Å². The molecule has 0 bridgehead atoms. The van der Waals surface area contributed by atoms with Crippen molar-refractivity contribution in [3.8, 4) is 0 Å². The Hall–Kier alpha value is -0.800. The Balaban J connectivity index is 2.29. The lowest BCUT2D eigenvalue weighted by Crippen LogP contribution is -2.01. The second-order valence-corrected chi connectivity index (χ2v) is 2.87. The van der Waals surface area contributed by atoms with Gasteiger partial charge in [-0.05, 0) is 5.56 Å². The molecule has 2 nitrogen and oxygen atoms in total. The van der Waals surface area contributed by atoms with Gasteiger partial charge in [0.1, 0.15) is 6.61 Å². The number of benzene rings is 1. The summed E-state index contributed by atoms with van der Waals surface area (Å²) in [5.41, 5.74) is 1.06. The van der Waals surface area contributed by atoms with E-state index in [0.717, 1.165) is 5.56 Å². The number of carbonyl (C=O) groups is 1. The Labute approximate surface area is 77.0 Å². The maximum atomic E-state index is 10.4. The zero-order valence-corrected chi connectivity index (χ0v) is 7.46. The number of carbonyl (C=O) groups excluding carboxylic acids is 1. The minimum absolute atomic E-state index is 0.0675. The zero-order valence-electron chi connectivity index (χ0n) is 6.56. The van der Waals surface area contributed by atoms with Gasteiger partial charge in [-0.25, -0.2) is 0 Å². The van der Waals surface area contributed by atoms with E-state index in [4.69, 9.17) is 4.74 Å². The van der Waals surface area contributed by atoms with Crippen molar-refractivity contribution in [3.05, 3.63) is 35.9 Å². The van der Waals surface area contributed by atoms with Crippen LogP contribution in [0.4, 0.5) is 0 Å². The summed E-state index contributed by atoms with van der Waals surface area (Å²) in [6.45, 7) is 0.533. The molecule has 0 N–H and O–H groups in total. The average molecular weight is 182 g/mol. The van der Waals surface area contributed by atoms with Crippen LogP contribution < -0.4 is 0 Å². The third-order valence-corrected chi connectivity index (χ3v) is 1.47. The van der Waals surface area contributed by atoms with Gasteiger partial charge in [0.2, 0.25) is 5.12 Å². The van der Waals surface area contributed by atoms with Crippen molar-refractivity contribution in [1.29, 1.82) is 0 Å². The van der Waals surface area contributed by atoms with Gasteiger partial charge in [0, 0.05) is 0 Å². The van der Waals surface area contributed by atoms with Gasteiger partial charge in [0.25, 0.3) is 0 Å². The molecule has 0 atom stereocenters. The van der Waals surface area contributed by atoms with Crippen molar-refractivity contribution in [2.45, 2.75) is 6.61 Å². The van der Waals surface area contributed by atoms with Gasteiger partial charge in [-0.3, -0.25) is 4.79 Å². The summed E-state index contributed by atoms with van der Waals surface area (Å²) in [6, 6.07) is 9.70. The first kappa shape index (κ1) is 9.29. The minimum atomic E-state index is -0.245. The van der Waals surface area contributed by atoms with E-state index in [1.165, 1.54) is 0 Å². The van der Waals surface area contributed by atoms with Gasteiger partial charge < -0.3 is 4.74 Å². The van der Waals surface area contributed by atoms with E-state index in [1.54, 1.807) is 0 Å². The van der Waals surface area contributed by atoms with Crippen LogP contribution in [0.25, 0.3) is 0 Å². The van der Waals surface area contributed by atoms with E-state index in [2.05, 4.69) is 12.6 Å². The van der Waals surface area contributed by atoms with Crippen LogP contribution in [-0.4, -0.2) is 11.7 Å². The summed E-state index contributed by atoms with van der Waals surface area (Å²) in [5.74, 6) is 0. The van der Waals surface area contributed by atoms with E-state index in [9.17, 15) is 4.79 Å². The molecular weight excluding hydrogens is 172 g/mol. The molecule has 0 saturated heterocycles. The number of ether oxygens (including phenoxy) is 1. The fourth-order valence-corrected chi connectivity index (χ4v) is 0.922. The maximum Gasteiger partial charge on any atom is 0.211 e. The Morgan fingerprint density at radius 1 is 1.33 bits per heavy atom. The van der Waals surface area contributed by atoms with Gasteiger partial charge in [0.05, 0.1) is 6.61 Å². The predicted octanol–water partition coefficient (Wildman–Crippen LogP) is 1.66. The molecule has 0 aliphatic rings. The number of rotatable bonds is 4. The van der Waals surface area contributed by atoms with Gasteiger partial charge in [0.15, 0.2) is 0 Å². The molecule has 12 heavy (non-hydrogen) atoms. The molecule has 0 radical (unpaired) electrons. The molecule has 0 heterocycles. The predicted molar refractivity (Wildman–Crippen MR) is 50.1 cm³/mol. The summed E-state index contributed by atoms with van der Waals surface area (Å²) in [5, 5.41) is -0.245. The largest absolute Gasteiger partial charge is 0.368 e. The number of hydrogen-bond acceptors (Lipinski definition) is 2. The molecule has 0 aliphatic heterocycles. The zero-order chi connectivity index (χ0) is 8.81. The normalized spacial score (nSPS) is 9.75. The van der Waals surface area contributed by atoms with Crippen LogP contribution in [0.15, 0.2) is 30.3 Å². The van der Waals surface area contributed by atoms with Gasteiger partial charge >= 0.3 is 0 Å². The standard InChI is InChI=1S/C9H10O2S/c10-9(12)7-11-6-8-4-2-1-3-5-8/h1-5H,6-7H2,(H,10,12). The summed E-state index contributed by atoms with van der Waals surface area (Å²) in [6.07, 6.45) is 0. The molecular formula is C9H10O2S. The van der Waals surface area contributed by atoms with Crippen LogP contribution in [0.1, 0.15) is 5.56 Å². The second kappa shape index (κ2) is 4.95. The Morgan fingerprint density at radius 2 is 2.00 bits per heavy atom. The second-order valence-electron chi connectivity index (χ2n) is 2.37. The molecule has 1 rings (SSSR count). The molecule has 64 valence electrons. The highest BCUT2D eigenvalue weighted by Gasteiger charge is 1.94. The van der Waals surface area contributed by atoms with E-state index in [-0.39, 0.29) is 11.7 Å². The molecule has 0 aliphatic carbocycles. The van der Waals surface area contributed by atoms with Crippen LogP contribution in [0.2, 0.25) is 0 Å². The Bertz CT molecular complexity index is 246. The van der Waals surface area contributed by atoms with E-state index >= 15 is 0 Å². The summed E-state index contributed by atoms with van der Waals surface area (Å²) in [4.78, 5) is 10.4. The summed E-state index contributed by atoms with van der Waals surface area (Å²) < 4.78 is 5.06. The van der Waals surface area contributed by atoms with Crippen LogP contribution in [0.5, 0.6) is 0 Å². The topological polar surface area (TPSA) is 26.3 Å². The molecule has 0 unspecified atom stereocenters. The summed E-state index contributed by atoms with van der Waals surface area (Å²) in [7, 11) is 0. The van der Waals surface area contributed by atoms with Crippen molar-refractivity contribution >= 4 is 17.7 Å². The SMILES string of the molecule is O=C(S)COCc1ccccc1. The lowest BCUT2D eigenvalue weighted by atomic mass is 10.2. The van der Waals surface area contributed by atoms with Gasteiger partial charge in [-0.1, -0.05) is 30.3 Å². The Kier molecular flexibility index (Phi) is 3.84. The molecule has 1 aromatic carbocycles. The quantitative estimate of drug-likeness (QED) is 0.717. The maximum absolute atomic E-state index is 10.4. The first-order valence-corrected chi connectivity index (χ1v) is 4.07. The van der Waals surface area contributed by atoms with Crippen molar-refractivity contribution in [2.75, 3.05) is 6.61 Å². The lowest BCUT2D eigenvalue weighted by Gasteiger charge is -2.00. The Morgan fingerprint density at radius 3 is 2.58 bits per heavy atom. The van der Waals surface area contributed by atoms with E-state index < -0.39 is 0 Å². The van der Waals surface area contributed by atoms with Crippen molar-refractivity contribution in [2.24, 2.45) is 0 Å². The first-order chi connectivity index (χ1) is 5.79. The van der Waals surface area contributed by atoms with Crippen molar-refractivity contribution in [3.63, 3.8) is 0 Å². The molecule has 1 aromatic rings. The van der Waals surface area contributed by atoms with Gasteiger partial charge in [-0.2, -0.15) is 0 Å². The van der Waals surface area contributed by atoms with Crippen LogP contribution in [0, 0.1) is 0 Å². The number of hydrogen-bond donors (Lipinski definition) is 1. The van der Waals surface area contributed by atoms with E-state index in [0.29, 0.717) is 6.61 Å². The smallest absolute Gasteiger partial charge is 0.211 e. The highest BCUT2D eigenvalue weighted by atomic mass is 32.1. The molecule has 0 fully saturated rings. The highest BCUT2D eigenvalue weighted by Crippen LogP contribution is 2.00. The van der Waals surface area contributed by atoms with Crippen LogP contribution >= 0.6 is 12.6 Å². The fraction of sp³-hybridized carbons (Fsp3) is 0.222. The molecule has 0 aromatic heterocycles. The van der Waals surface area contributed by atoms with Crippen LogP contribution in [0.3, 0.4) is 0 Å². The molecule has 3 heteroatoms. The monoisotopic (exact) mass is 182 g/mol. The van der Waals surface area contributed by atoms with Gasteiger partial charge in [-0.15, -0.1) is 12.6 Å². The first-order valence-electron chi connectivity index (χ1n) is 3.62. The third-order valence-electron chi connectivity index (χ3n) is 1.34. The number of thiol groups is 1.